The average molecular weight is 299 g/mol. The summed E-state index contributed by atoms with van der Waals surface area (Å²) in [6.45, 7) is 0.165. The number of nitrogens with zero attached hydrogens (tertiary/aromatic N) is 1. The van der Waals surface area contributed by atoms with Crippen molar-refractivity contribution in [3.63, 3.8) is 0 Å². The van der Waals surface area contributed by atoms with E-state index in [0.29, 0.717) is 16.8 Å². The Morgan fingerprint density at radius 1 is 1.47 bits per heavy atom. The minimum Gasteiger partial charge on any atom is -0.446 e. The van der Waals surface area contributed by atoms with Gasteiger partial charge in [0.2, 0.25) is 5.09 Å². The van der Waals surface area contributed by atoms with Crippen LogP contribution in [0.5, 0.6) is 0 Å². The Bertz CT molecular complexity index is 686. The average Bonchev–Trinajstić information content (AvgIpc) is 2.92. The van der Waals surface area contributed by atoms with E-state index in [-0.39, 0.29) is 11.6 Å². The van der Waals surface area contributed by atoms with Crippen molar-refractivity contribution < 1.29 is 12.8 Å². The monoisotopic (exact) mass is 299 g/mol. The Morgan fingerprint density at radius 3 is 2.89 bits per heavy atom. The van der Waals surface area contributed by atoms with E-state index in [1.165, 1.54) is 17.4 Å². The van der Waals surface area contributed by atoms with Gasteiger partial charge in [-0.15, -0.1) is 11.3 Å². The number of anilines is 1. The fourth-order valence-corrected chi connectivity index (χ4v) is 3.67. The van der Waals surface area contributed by atoms with Gasteiger partial charge in [0.1, 0.15) is 5.76 Å². The molecule has 0 bridgehead atoms. The molecular formula is C11H13N3O3S2. The van der Waals surface area contributed by atoms with E-state index in [9.17, 15) is 8.42 Å². The molecule has 1 aliphatic rings. The van der Waals surface area contributed by atoms with Crippen LogP contribution in [0.3, 0.4) is 0 Å². The number of furan rings is 1. The zero-order chi connectivity index (χ0) is 13.5. The van der Waals surface area contributed by atoms with Gasteiger partial charge in [0, 0.05) is 11.3 Å². The van der Waals surface area contributed by atoms with E-state index in [2.05, 4.69) is 9.71 Å². The third-order valence-electron chi connectivity index (χ3n) is 2.84. The summed E-state index contributed by atoms with van der Waals surface area (Å²) in [5.74, 6) is 0.931. The molecule has 8 heteroatoms. The molecule has 3 rings (SSSR count). The second kappa shape index (κ2) is 4.62. The zero-order valence-electron chi connectivity index (χ0n) is 10.00. The van der Waals surface area contributed by atoms with Crippen LogP contribution in [-0.2, 0) is 16.6 Å². The number of sulfonamides is 1. The molecule has 0 aromatic carbocycles. The molecule has 0 saturated heterocycles. The molecule has 0 unspecified atom stereocenters. The van der Waals surface area contributed by atoms with Gasteiger partial charge in [-0.25, -0.2) is 4.98 Å². The van der Waals surface area contributed by atoms with Crippen LogP contribution < -0.4 is 10.5 Å². The first-order valence-corrected chi connectivity index (χ1v) is 8.22. The number of nitrogens with one attached hydrogen (secondary N) is 1. The van der Waals surface area contributed by atoms with Crippen LogP contribution >= 0.6 is 11.3 Å². The Hall–Kier alpha value is -1.38. The Labute approximate surface area is 114 Å². The molecule has 102 valence electrons. The molecule has 6 nitrogen and oxygen atoms in total. The van der Waals surface area contributed by atoms with Gasteiger partial charge in [0.05, 0.1) is 12.2 Å². The molecule has 3 N–H and O–H groups in total. The van der Waals surface area contributed by atoms with E-state index in [1.54, 1.807) is 6.07 Å². The summed E-state index contributed by atoms with van der Waals surface area (Å²) in [6, 6.07) is 2.94. The maximum atomic E-state index is 12.0. The quantitative estimate of drug-likeness (QED) is 0.878. The number of nitrogens with two attached hydrogens (primary N) is 1. The van der Waals surface area contributed by atoms with Gasteiger partial charge in [-0.1, -0.05) is 0 Å². The molecule has 19 heavy (non-hydrogen) atoms. The highest BCUT2D eigenvalue weighted by atomic mass is 32.2. The molecule has 0 amide bonds. The molecule has 0 aliphatic heterocycles. The van der Waals surface area contributed by atoms with Gasteiger partial charge in [-0.05, 0) is 25.0 Å². The summed E-state index contributed by atoms with van der Waals surface area (Å²) in [7, 11) is -3.72. The van der Waals surface area contributed by atoms with Gasteiger partial charge in [0.15, 0.2) is 5.13 Å². The van der Waals surface area contributed by atoms with Crippen molar-refractivity contribution in [2.24, 2.45) is 5.73 Å². The van der Waals surface area contributed by atoms with E-state index >= 15 is 0 Å². The molecule has 1 saturated carbocycles. The number of rotatable bonds is 5. The Balaban J connectivity index is 1.79. The molecule has 0 atom stereocenters. The smallest absolute Gasteiger partial charge is 0.297 e. The lowest BCUT2D eigenvalue weighted by Gasteiger charge is -2.01. The van der Waals surface area contributed by atoms with Crippen LogP contribution in [0.15, 0.2) is 27.0 Å². The van der Waals surface area contributed by atoms with Crippen molar-refractivity contribution in [3.05, 3.63) is 29.0 Å². The van der Waals surface area contributed by atoms with Gasteiger partial charge < -0.3 is 10.2 Å². The van der Waals surface area contributed by atoms with E-state index < -0.39 is 10.0 Å². The van der Waals surface area contributed by atoms with Gasteiger partial charge in [0.25, 0.3) is 10.0 Å². The maximum absolute atomic E-state index is 12.0. The lowest BCUT2D eigenvalue weighted by molar-refractivity contribution is 0.417. The first-order chi connectivity index (χ1) is 9.08. The van der Waals surface area contributed by atoms with Crippen molar-refractivity contribution in [1.29, 1.82) is 0 Å². The van der Waals surface area contributed by atoms with E-state index in [1.807, 2.05) is 5.38 Å². The number of hydrogen-bond donors (Lipinski definition) is 2. The fraction of sp³-hybridized carbons (Fsp3) is 0.364. The third-order valence-corrected chi connectivity index (χ3v) is 4.96. The van der Waals surface area contributed by atoms with Gasteiger partial charge >= 0.3 is 0 Å². The highest BCUT2D eigenvalue weighted by molar-refractivity contribution is 7.92. The van der Waals surface area contributed by atoms with Crippen molar-refractivity contribution >= 4 is 26.5 Å². The Kier molecular flexibility index (Phi) is 3.08. The van der Waals surface area contributed by atoms with Crippen LogP contribution in [0, 0.1) is 0 Å². The normalized spacial score (nSPS) is 15.6. The topological polar surface area (TPSA) is 98.2 Å². The van der Waals surface area contributed by atoms with Crippen molar-refractivity contribution in [2.75, 3.05) is 4.72 Å². The molecule has 0 spiro atoms. The highest BCUT2D eigenvalue weighted by Gasteiger charge is 2.27. The van der Waals surface area contributed by atoms with Crippen LogP contribution in [0.2, 0.25) is 0 Å². The van der Waals surface area contributed by atoms with Crippen molar-refractivity contribution in [3.8, 4) is 0 Å². The Morgan fingerprint density at radius 2 is 2.26 bits per heavy atom. The molecule has 2 aromatic heterocycles. The summed E-state index contributed by atoms with van der Waals surface area (Å²) >= 11 is 1.28. The van der Waals surface area contributed by atoms with E-state index in [4.69, 9.17) is 10.2 Å². The largest absolute Gasteiger partial charge is 0.446 e. The maximum Gasteiger partial charge on any atom is 0.297 e. The molecule has 1 aliphatic carbocycles. The van der Waals surface area contributed by atoms with Crippen molar-refractivity contribution in [2.45, 2.75) is 30.4 Å². The summed E-state index contributed by atoms with van der Waals surface area (Å²) < 4.78 is 31.7. The first-order valence-electron chi connectivity index (χ1n) is 5.85. The molecule has 0 radical (unpaired) electrons. The number of hydrogen-bond acceptors (Lipinski definition) is 6. The lowest BCUT2D eigenvalue weighted by atomic mass is 10.3. The third kappa shape index (κ3) is 2.65. The summed E-state index contributed by atoms with van der Waals surface area (Å²) in [5, 5.41) is 2.12. The summed E-state index contributed by atoms with van der Waals surface area (Å²) in [6.07, 6.45) is 2.27. The van der Waals surface area contributed by atoms with Crippen LogP contribution in [0.4, 0.5) is 5.13 Å². The van der Waals surface area contributed by atoms with Crippen LogP contribution in [-0.4, -0.2) is 13.4 Å². The molecule has 2 heterocycles. The van der Waals surface area contributed by atoms with Crippen molar-refractivity contribution in [1.82, 2.24) is 4.98 Å². The summed E-state index contributed by atoms with van der Waals surface area (Å²) in [5.41, 5.74) is 6.35. The van der Waals surface area contributed by atoms with Crippen LogP contribution in [0.25, 0.3) is 0 Å². The molecule has 2 aromatic rings. The standard InChI is InChI=1S/C11H13N3O3S2/c12-5-8-3-4-10(17-8)19(15,16)14-11-13-9(6-18-11)7-1-2-7/h3-4,6-7H,1-2,5,12H2,(H,13,14). The minimum absolute atomic E-state index is 0.142. The minimum atomic E-state index is -3.72. The van der Waals surface area contributed by atoms with Gasteiger partial charge in [-0.3, -0.25) is 4.72 Å². The fourth-order valence-electron chi connectivity index (χ4n) is 1.68. The first kappa shape index (κ1) is 12.6. The predicted octanol–water partition coefficient (Wildman–Crippen LogP) is 1.87. The second-order valence-corrected chi connectivity index (χ2v) is 6.85. The zero-order valence-corrected chi connectivity index (χ0v) is 11.6. The predicted molar refractivity (Wildman–Crippen MR) is 71.5 cm³/mol. The highest BCUT2D eigenvalue weighted by Crippen LogP contribution is 2.41. The summed E-state index contributed by atoms with van der Waals surface area (Å²) in [4.78, 5) is 4.27. The van der Waals surface area contributed by atoms with Crippen LogP contribution in [0.1, 0.15) is 30.2 Å². The second-order valence-electron chi connectivity index (χ2n) is 4.38. The SMILES string of the molecule is NCc1ccc(S(=O)(=O)Nc2nc(C3CC3)cs2)o1. The lowest BCUT2D eigenvalue weighted by Crippen LogP contribution is -2.12. The van der Waals surface area contributed by atoms with E-state index in [0.717, 1.165) is 18.5 Å². The number of aromatic nitrogens is 1. The number of thiazole rings is 1. The van der Waals surface area contributed by atoms with Gasteiger partial charge in [-0.2, -0.15) is 8.42 Å². The molecule has 1 fully saturated rings. The molecular weight excluding hydrogens is 286 g/mol.